The maximum absolute atomic E-state index is 5.57. The number of rotatable bonds is 4. The molecule has 1 unspecified atom stereocenters. The highest BCUT2D eigenvalue weighted by molar-refractivity contribution is 5.46. The molecule has 2 fully saturated rings. The average molecular weight is 290 g/mol. The van der Waals surface area contributed by atoms with Crippen molar-refractivity contribution in [1.29, 1.82) is 0 Å². The number of para-hydroxylation sites is 1. The summed E-state index contributed by atoms with van der Waals surface area (Å²) in [5, 5.41) is 0. The van der Waals surface area contributed by atoms with Crippen LogP contribution in [0.25, 0.3) is 0 Å². The first-order valence-electron chi connectivity index (χ1n) is 7.91. The van der Waals surface area contributed by atoms with Gasteiger partial charge >= 0.3 is 0 Å². The van der Waals surface area contributed by atoms with Gasteiger partial charge in [-0.05, 0) is 32.4 Å². The minimum Gasteiger partial charge on any atom is -0.493 e. The molecule has 116 valence electrons. The van der Waals surface area contributed by atoms with Gasteiger partial charge in [-0.2, -0.15) is 0 Å². The van der Waals surface area contributed by atoms with Crippen LogP contribution in [-0.4, -0.2) is 55.7 Å². The lowest BCUT2D eigenvalue weighted by Crippen LogP contribution is -2.54. The van der Waals surface area contributed by atoms with Gasteiger partial charge in [-0.15, -0.1) is 0 Å². The molecular formula is C17H26N2O2. The first-order chi connectivity index (χ1) is 10.2. The molecule has 0 saturated carbocycles. The zero-order chi connectivity index (χ0) is 14.8. The smallest absolute Gasteiger partial charge is 0.165 e. The van der Waals surface area contributed by atoms with Gasteiger partial charge in [0.15, 0.2) is 11.5 Å². The van der Waals surface area contributed by atoms with Crippen LogP contribution in [0.3, 0.4) is 0 Å². The standard InChI is InChI=1S/C17H26N2O2/c1-13-10-18-9-5-7-15(18)12-19(13)11-14-6-4-8-16(20-2)17(14)21-3/h4,6,8,13,15H,5,7,9-12H2,1-3H3/t13-,15?/m1/s1. The van der Waals surface area contributed by atoms with Crippen molar-refractivity contribution in [2.24, 2.45) is 0 Å². The molecule has 0 aromatic heterocycles. The number of hydrogen-bond acceptors (Lipinski definition) is 4. The van der Waals surface area contributed by atoms with Crippen molar-refractivity contribution in [1.82, 2.24) is 9.80 Å². The molecule has 3 rings (SSSR count). The lowest BCUT2D eigenvalue weighted by molar-refractivity contribution is 0.0534. The molecule has 0 amide bonds. The Morgan fingerprint density at radius 3 is 2.81 bits per heavy atom. The summed E-state index contributed by atoms with van der Waals surface area (Å²) in [5.41, 5.74) is 1.22. The minimum absolute atomic E-state index is 0.593. The number of methoxy groups -OCH3 is 2. The molecule has 0 radical (unpaired) electrons. The highest BCUT2D eigenvalue weighted by atomic mass is 16.5. The topological polar surface area (TPSA) is 24.9 Å². The molecule has 1 aromatic carbocycles. The summed E-state index contributed by atoms with van der Waals surface area (Å²) < 4.78 is 11.0. The summed E-state index contributed by atoms with van der Waals surface area (Å²) >= 11 is 0. The molecule has 2 atom stereocenters. The molecule has 2 aliphatic heterocycles. The first-order valence-corrected chi connectivity index (χ1v) is 7.91. The molecule has 2 heterocycles. The third-order valence-corrected chi connectivity index (χ3v) is 4.92. The monoisotopic (exact) mass is 290 g/mol. The Balaban J connectivity index is 1.76. The summed E-state index contributed by atoms with van der Waals surface area (Å²) in [4.78, 5) is 5.24. The van der Waals surface area contributed by atoms with Crippen LogP contribution >= 0.6 is 0 Å². The van der Waals surface area contributed by atoms with Crippen LogP contribution in [0, 0.1) is 0 Å². The predicted molar refractivity (Wildman–Crippen MR) is 84.0 cm³/mol. The molecule has 2 saturated heterocycles. The van der Waals surface area contributed by atoms with Gasteiger partial charge in [-0.1, -0.05) is 12.1 Å². The number of ether oxygens (including phenoxy) is 2. The lowest BCUT2D eigenvalue weighted by atomic mass is 10.1. The SMILES string of the molecule is COc1cccc(CN2CC3CCCN3C[C@H]2C)c1OC. The normalized spacial score (nSPS) is 26.6. The predicted octanol–water partition coefficient (Wildman–Crippen LogP) is 2.37. The van der Waals surface area contributed by atoms with E-state index in [0.717, 1.165) is 24.1 Å². The fraction of sp³-hybridized carbons (Fsp3) is 0.647. The molecule has 4 nitrogen and oxygen atoms in total. The van der Waals surface area contributed by atoms with E-state index in [9.17, 15) is 0 Å². The van der Waals surface area contributed by atoms with E-state index in [2.05, 4.69) is 22.8 Å². The summed E-state index contributed by atoms with van der Waals surface area (Å²) in [6.07, 6.45) is 2.70. The van der Waals surface area contributed by atoms with Crippen LogP contribution in [0.5, 0.6) is 11.5 Å². The van der Waals surface area contributed by atoms with E-state index in [0.29, 0.717) is 6.04 Å². The Hall–Kier alpha value is -1.26. The molecule has 4 heteroatoms. The Bertz CT molecular complexity index is 492. The van der Waals surface area contributed by atoms with Gasteiger partial charge in [0.1, 0.15) is 0 Å². The third-order valence-electron chi connectivity index (χ3n) is 4.92. The van der Waals surface area contributed by atoms with E-state index in [4.69, 9.17) is 9.47 Å². The summed E-state index contributed by atoms with van der Waals surface area (Å²) in [7, 11) is 3.42. The summed E-state index contributed by atoms with van der Waals surface area (Å²) in [6.45, 7) is 6.91. The summed E-state index contributed by atoms with van der Waals surface area (Å²) in [5.74, 6) is 1.70. The second kappa shape index (κ2) is 6.24. The number of nitrogens with zero attached hydrogens (tertiary/aromatic N) is 2. The summed E-state index contributed by atoms with van der Waals surface area (Å²) in [6, 6.07) is 7.50. The highest BCUT2D eigenvalue weighted by Gasteiger charge is 2.34. The van der Waals surface area contributed by atoms with Crippen molar-refractivity contribution < 1.29 is 9.47 Å². The Morgan fingerprint density at radius 2 is 2.05 bits per heavy atom. The molecule has 0 N–H and O–H groups in total. The minimum atomic E-state index is 0.593. The van der Waals surface area contributed by atoms with Gasteiger partial charge in [-0.25, -0.2) is 0 Å². The van der Waals surface area contributed by atoms with E-state index in [1.165, 1.54) is 38.0 Å². The molecule has 1 aromatic rings. The van der Waals surface area contributed by atoms with E-state index in [-0.39, 0.29) is 0 Å². The Kier molecular flexibility index (Phi) is 4.36. The fourth-order valence-corrected chi connectivity index (χ4v) is 3.77. The quantitative estimate of drug-likeness (QED) is 0.850. The van der Waals surface area contributed by atoms with Crippen LogP contribution < -0.4 is 9.47 Å². The number of fused-ring (bicyclic) bond motifs is 1. The van der Waals surface area contributed by atoms with Crippen molar-refractivity contribution in [2.45, 2.75) is 38.4 Å². The van der Waals surface area contributed by atoms with Gasteiger partial charge in [0.25, 0.3) is 0 Å². The van der Waals surface area contributed by atoms with Crippen LogP contribution in [0.15, 0.2) is 18.2 Å². The molecule has 2 aliphatic rings. The highest BCUT2D eigenvalue weighted by Crippen LogP contribution is 2.33. The Morgan fingerprint density at radius 1 is 1.19 bits per heavy atom. The molecule has 21 heavy (non-hydrogen) atoms. The van der Waals surface area contributed by atoms with Crippen molar-refractivity contribution in [3.63, 3.8) is 0 Å². The molecule has 0 aliphatic carbocycles. The lowest BCUT2D eigenvalue weighted by Gasteiger charge is -2.42. The zero-order valence-electron chi connectivity index (χ0n) is 13.3. The largest absolute Gasteiger partial charge is 0.493 e. The van der Waals surface area contributed by atoms with Gasteiger partial charge in [0.05, 0.1) is 14.2 Å². The molecular weight excluding hydrogens is 264 g/mol. The Labute approximate surface area is 127 Å². The van der Waals surface area contributed by atoms with Crippen LogP contribution in [-0.2, 0) is 6.54 Å². The van der Waals surface area contributed by atoms with Gasteiger partial charge in [0.2, 0.25) is 0 Å². The van der Waals surface area contributed by atoms with Crippen molar-refractivity contribution in [3.8, 4) is 11.5 Å². The van der Waals surface area contributed by atoms with Crippen LogP contribution in [0.2, 0.25) is 0 Å². The van der Waals surface area contributed by atoms with Gasteiger partial charge in [-0.3, -0.25) is 9.80 Å². The number of piperazine rings is 1. The third kappa shape index (κ3) is 2.87. The van der Waals surface area contributed by atoms with Crippen molar-refractivity contribution in [2.75, 3.05) is 33.9 Å². The molecule has 0 bridgehead atoms. The van der Waals surface area contributed by atoms with Crippen LogP contribution in [0.4, 0.5) is 0 Å². The average Bonchev–Trinajstić information content (AvgIpc) is 2.94. The number of hydrogen-bond donors (Lipinski definition) is 0. The van der Waals surface area contributed by atoms with Gasteiger partial charge < -0.3 is 9.47 Å². The first kappa shape index (κ1) is 14.7. The fourth-order valence-electron chi connectivity index (χ4n) is 3.77. The van der Waals surface area contributed by atoms with E-state index >= 15 is 0 Å². The van der Waals surface area contributed by atoms with E-state index in [1.807, 2.05) is 12.1 Å². The second-order valence-corrected chi connectivity index (χ2v) is 6.22. The van der Waals surface area contributed by atoms with E-state index in [1.54, 1.807) is 14.2 Å². The maximum atomic E-state index is 5.57. The van der Waals surface area contributed by atoms with Crippen molar-refractivity contribution >= 4 is 0 Å². The van der Waals surface area contributed by atoms with E-state index < -0.39 is 0 Å². The van der Waals surface area contributed by atoms with Gasteiger partial charge in [0, 0.05) is 37.3 Å². The maximum Gasteiger partial charge on any atom is 0.165 e. The van der Waals surface area contributed by atoms with Crippen LogP contribution in [0.1, 0.15) is 25.3 Å². The second-order valence-electron chi connectivity index (χ2n) is 6.22. The molecule has 0 spiro atoms. The van der Waals surface area contributed by atoms with Crippen molar-refractivity contribution in [3.05, 3.63) is 23.8 Å². The number of benzene rings is 1. The zero-order valence-corrected chi connectivity index (χ0v) is 13.3.